The van der Waals surface area contributed by atoms with Gasteiger partial charge in [0, 0.05) is 24.5 Å². The number of pyridine rings is 1. The number of alkyl halides is 3. The molecule has 0 aliphatic heterocycles. The summed E-state index contributed by atoms with van der Waals surface area (Å²) in [5, 5.41) is 0.460. The smallest absolute Gasteiger partial charge is 0.434 e. The molecule has 0 fully saturated rings. The minimum absolute atomic E-state index is 0.00783. The quantitative estimate of drug-likeness (QED) is 0.550. The van der Waals surface area contributed by atoms with E-state index in [1.807, 2.05) is 0 Å². The molecule has 0 aliphatic carbocycles. The molecule has 0 atom stereocenters. The number of halogens is 3. The molecule has 0 amide bonds. The number of nitrogens with one attached hydrogen (secondary N) is 1. The third-order valence-electron chi connectivity index (χ3n) is 3.45. The predicted molar refractivity (Wildman–Crippen MR) is 90.9 cm³/mol. The second kappa shape index (κ2) is 5.99. The van der Waals surface area contributed by atoms with Gasteiger partial charge in [0.2, 0.25) is 0 Å². The Morgan fingerprint density at radius 3 is 2.65 bits per heavy atom. The van der Waals surface area contributed by atoms with E-state index in [1.54, 1.807) is 24.3 Å². The topological polar surface area (TPSA) is 89.7 Å². The summed E-state index contributed by atoms with van der Waals surface area (Å²) >= 11 is 1.33. The Bertz CT molecular complexity index is 1090. The van der Waals surface area contributed by atoms with Crippen molar-refractivity contribution in [2.24, 2.45) is 0 Å². The van der Waals surface area contributed by atoms with Crippen LogP contribution in [0.15, 0.2) is 42.7 Å². The number of aromatic amines is 1. The zero-order valence-electron chi connectivity index (χ0n) is 12.9. The molecule has 0 saturated heterocycles. The van der Waals surface area contributed by atoms with Gasteiger partial charge in [-0.1, -0.05) is 11.3 Å². The van der Waals surface area contributed by atoms with Gasteiger partial charge in [0.25, 0.3) is 0 Å². The van der Waals surface area contributed by atoms with Gasteiger partial charge in [0.1, 0.15) is 17.2 Å². The lowest BCUT2D eigenvalue weighted by atomic mass is 10.3. The number of aromatic nitrogens is 4. The summed E-state index contributed by atoms with van der Waals surface area (Å²) in [7, 11) is 0. The molecule has 4 aromatic rings. The lowest BCUT2D eigenvalue weighted by Gasteiger charge is -2.06. The number of anilines is 1. The number of fused-ring (bicyclic) bond motifs is 1. The Morgan fingerprint density at radius 2 is 1.88 bits per heavy atom. The third kappa shape index (κ3) is 3.18. The van der Waals surface area contributed by atoms with Crippen LogP contribution in [0.2, 0.25) is 0 Å². The Balaban J connectivity index is 1.61. The molecule has 3 heterocycles. The van der Waals surface area contributed by atoms with Gasteiger partial charge < -0.3 is 15.5 Å². The maximum atomic E-state index is 12.7. The van der Waals surface area contributed by atoms with Crippen molar-refractivity contribution in [2.45, 2.75) is 6.18 Å². The van der Waals surface area contributed by atoms with Crippen LogP contribution < -0.4 is 10.5 Å². The van der Waals surface area contributed by atoms with Gasteiger partial charge in [-0.3, -0.25) is 4.98 Å². The van der Waals surface area contributed by atoms with E-state index in [-0.39, 0.29) is 11.5 Å². The Labute approximate surface area is 148 Å². The van der Waals surface area contributed by atoms with Crippen molar-refractivity contribution in [1.29, 1.82) is 0 Å². The van der Waals surface area contributed by atoms with Gasteiger partial charge in [0.15, 0.2) is 16.6 Å². The summed E-state index contributed by atoms with van der Waals surface area (Å²) in [6, 6.07) is 8.41. The summed E-state index contributed by atoms with van der Waals surface area (Å²) in [5.74, 6) is 0.971. The second-order valence-electron chi connectivity index (χ2n) is 5.29. The molecule has 132 valence electrons. The second-order valence-corrected chi connectivity index (χ2v) is 6.35. The number of thiazole rings is 1. The Morgan fingerprint density at radius 1 is 1.08 bits per heavy atom. The minimum Gasteiger partial charge on any atom is -0.457 e. The fraction of sp³-hybridized carbons (Fsp3) is 0.0625. The SMILES string of the molecule is Nc1nc2ccc(Oc3ccnc(-c4nc(C(F)(F)F)c[nH]4)c3)cc2s1. The van der Waals surface area contributed by atoms with E-state index in [0.717, 1.165) is 16.4 Å². The number of hydrogen-bond donors (Lipinski definition) is 2. The first-order valence-corrected chi connectivity index (χ1v) is 8.13. The number of hydrogen-bond acceptors (Lipinski definition) is 6. The van der Waals surface area contributed by atoms with Crippen LogP contribution in [0.5, 0.6) is 11.5 Å². The molecule has 0 saturated carbocycles. The van der Waals surface area contributed by atoms with E-state index >= 15 is 0 Å². The van der Waals surface area contributed by atoms with Crippen LogP contribution in [-0.4, -0.2) is 19.9 Å². The highest BCUT2D eigenvalue weighted by atomic mass is 32.1. The molecule has 1 aromatic carbocycles. The third-order valence-corrected chi connectivity index (χ3v) is 4.30. The fourth-order valence-corrected chi connectivity index (χ4v) is 3.09. The summed E-state index contributed by atoms with van der Waals surface area (Å²) in [4.78, 5) is 14.2. The van der Waals surface area contributed by atoms with E-state index in [9.17, 15) is 13.2 Å². The molecule has 6 nitrogen and oxygen atoms in total. The molecule has 4 rings (SSSR count). The van der Waals surface area contributed by atoms with Crippen molar-refractivity contribution in [3.05, 3.63) is 48.4 Å². The first-order chi connectivity index (χ1) is 12.4. The minimum atomic E-state index is -4.52. The molecule has 10 heteroatoms. The maximum absolute atomic E-state index is 12.7. The van der Waals surface area contributed by atoms with Crippen LogP contribution in [-0.2, 0) is 6.18 Å². The molecule has 0 radical (unpaired) electrons. The highest BCUT2D eigenvalue weighted by molar-refractivity contribution is 7.22. The predicted octanol–water partition coefficient (Wildman–Crippen LogP) is 4.47. The number of imidazole rings is 1. The van der Waals surface area contributed by atoms with Crippen LogP contribution in [0, 0.1) is 0 Å². The van der Waals surface area contributed by atoms with E-state index in [1.165, 1.54) is 23.6 Å². The zero-order valence-corrected chi connectivity index (χ0v) is 13.7. The van der Waals surface area contributed by atoms with E-state index < -0.39 is 11.9 Å². The molecule has 0 bridgehead atoms. The lowest BCUT2D eigenvalue weighted by molar-refractivity contribution is -0.140. The van der Waals surface area contributed by atoms with Gasteiger partial charge in [0.05, 0.1) is 10.2 Å². The lowest BCUT2D eigenvalue weighted by Crippen LogP contribution is -2.04. The molecular formula is C16H10F3N5OS. The Hall–Kier alpha value is -3.14. The van der Waals surface area contributed by atoms with Crippen LogP contribution >= 0.6 is 11.3 Å². The van der Waals surface area contributed by atoms with Crippen molar-refractivity contribution in [1.82, 2.24) is 19.9 Å². The van der Waals surface area contributed by atoms with Crippen molar-refractivity contribution in [3.8, 4) is 23.0 Å². The van der Waals surface area contributed by atoms with Crippen LogP contribution in [0.3, 0.4) is 0 Å². The number of H-pyrrole nitrogens is 1. The van der Waals surface area contributed by atoms with E-state index in [2.05, 4.69) is 19.9 Å². The number of nitrogen functional groups attached to an aromatic ring is 1. The van der Waals surface area contributed by atoms with Crippen LogP contribution in [0.25, 0.3) is 21.7 Å². The monoisotopic (exact) mass is 377 g/mol. The number of rotatable bonds is 3. The average molecular weight is 377 g/mol. The molecule has 3 N–H and O–H groups in total. The summed E-state index contributed by atoms with van der Waals surface area (Å²) in [6.07, 6.45) is -2.29. The van der Waals surface area contributed by atoms with Crippen molar-refractivity contribution < 1.29 is 17.9 Å². The van der Waals surface area contributed by atoms with Crippen molar-refractivity contribution in [2.75, 3.05) is 5.73 Å². The Kier molecular flexibility index (Phi) is 3.76. The highest BCUT2D eigenvalue weighted by Crippen LogP contribution is 2.32. The summed E-state index contributed by atoms with van der Waals surface area (Å²) in [6.45, 7) is 0. The van der Waals surface area contributed by atoms with Gasteiger partial charge in [-0.25, -0.2) is 9.97 Å². The summed E-state index contributed by atoms with van der Waals surface area (Å²) in [5.41, 5.74) is 5.68. The number of benzene rings is 1. The molecule has 26 heavy (non-hydrogen) atoms. The molecule has 0 aliphatic rings. The summed E-state index contributed by atoms with van der Waals surface area (Å²) < 4.78 is 44.7. The van der Waals surface area contributed by atoms with Gasteiger partial charge in [-0.15, -0.1) is 0 Å². The van der Waals surface area contributed by atoms with E-state index in [4.69, 9.17) is 10.5 Å². The number of ether oxygens (including phenoxy) is 1. The van der Waals surface area contributed by atoms with Crippen LogP contribution in [0.4, 0.5) is 18.3 Å². The molecular weight excluding hydrogens is 367 g/mol. The normalized spacial score (nSPS) is 11.8. The standard InChI is InChI=1S/C16H10F3N5OS/c17-16(18,19)13-7-22-14(24-13)11-5-9(3-4-21-11)25-8-1-2-10-12(6-8)26-15(20)23-10/h1-7H,(H2,20,23)(H,22,24). The molecule has 0 spiro atoms. The van der Waals surface area contributed by atoms with Gasteiger partial charge in [-0.2, -0.15) is 13.2 Å². The van der Waals surface area contributed by atoms with Gasteiger partial charge in [-0.05, 0) is 18.2 Å². The number of nitrogens with zero attached hydrogens (tertiary/aromatic N) is 3. The number of nitrogens with two attached hydrogens (primary N) is 1. The van der Waals surface area contributed by atoms with Crippen molar-refractivity contribution >= 4 is 26.7 Å². The first-order valence-electron chi connectivity index (χ1n) is 7.31. The maximum Gasteiger partial charge on any atom is 0.434 e. The molecule has 3 aromatic heterocycles. The average Bonchev–Trinajstić information content (AvgIpc) is 3.20. The first kappa shape index (κ1) is 16.3. The highest BCUT2D eigenvalue weighted by Gasteiger charge is 2.33. The van der Waals surface area contributed by atoms with Crippen molar-refractivity contribution in [3.63, 3.8) is 0 Å². The van der Waals surface area contributed by atoms with Crippen LogP contribution in [0.1, 0.15) is 5.69 Å². The van der Waals surface area contributed by atoms with Gasteiger partial charge >= 0.3 is 6.18 Å². The zero-order chi connectivity index (χ0) is 18.3. The molecule has 0 unspecified atom stereocenters. The fourth-order valence-electron chi connectivity index (χ4n) is 2.32. The largest absolute Gasteiger partial charge is 0.457 e. The van der Waals surface area contributed by atoms with E-state index in [0.29, 0.717) is 16.6 Å².